The Balaban J connectivity index is 2.02. The fraction of sp³-hybridized carbons (Fsp3) is 0. The molecular formula is C2H6N13+. The Hall–Kier alpha value is -2.86. The highest BCUT2D eigenvalue weighted by Gasteiger charge is 2.05. The zero-order chi connectivity index (χ0) is 10.7. The van der Waals surface area contributed by atoms with Gasteiger partial charge in [-0.2, -0.15) is 0 Å². The first-order valence-corrected chi connectivity index (χ1v) is 3.57. The van der Waals surface area contributed by atoms with Gasteiger partial charge < -0.3 is 11.5 Å². The Kier molecular flexibility index (Phi) is 2.02. The van der Waals surface area contributed by atoms with Crippen molar-refractivity contribution in [2.24, 2.45) is 10.4 Å². The fourth-order valence-electron chi connectivity index (χ4n) is 0.648. The molecule has 0 saturated carbocycles. The number of nitrogens with zero attached hydrogens (tertiary/aromatic N) is 9. The second-order valence-electron chi connectivity index (χ2n) is 2.21. The summed E-state index contributed by atoms with van der Waals surface area (Å²) >= 11 is 0. The average Bonchev–Trinajstić information content (AvgIpc) is 2.78. The van der Waals surface area contributed by atoms with E-state index in [1.807, 2.05) is 0 Å². The van der Waals surface area contributed by atoms with E-state index in [1.54, 1.807) is 0 Å². The largest absolute Gasteiger partial charge is 0.389 e. The summed E-state index contributed by atoms with van der Waals surface area (Å²) in [5, 5.41) is 26.2. The topological polar surface area (TPSA) is 178 Å². The number of anilines is 2. The van der Waals surface area contributed by atoms with Gasteiger partial charge in [0, 0.05) is 5.22 Å². The number of hydrogen-bond acceptors (Lipinski definition) is 9. The van der Waals surface area contributed by atoms with Crippen molar-refractivity contribution in [2.75, 3.05) is 17.0 Å². The van der Waals surface area contributed by atoms with Crippen LogP contribution < -0.4 is 21.8 Å². The van der Waals surface area contributed by atoms with Gasteiger partial charge in [0.1, 0.15) is 0 Å². The highest BCUT2D eigenvalue weighted by atomic mass is 15.8. The lowest BCUT2D eigenvalue weighted by molar-refractivity contribution is -0.698. The predicted octanol–water partition coefficient (Wildman–Crippen LogP) is -3.38. The molecule has 0 bridgehead atoms. The smallest absolute Gasteiger partial charge is 0.365 e. The molecule has 13 heteroatoms. The second kappa shape index (κ2) is 3.48. The Morgan fingerprint density at radius 1 is 1.40 bits per heavy atom. The minimum atomic E-state index is 0.00116. The molecule has 2 rings (SSSR count). The van der Waals surface area contributed by atoms with Crippen LogP contribution in [0, 0.1) is 0 Å². The van der Waals surface area contributed by atoms with Gasteiger partial charge in [0.25, 0.3) is 5.95 Å². The Labute approximate surface area is 81.0 Å². The quantitative estimate of drug-likeness (QED) is 0.231. The molecule has 2 aromatic heterocycles. The van der Waals surface area contributed by atoms with Crippen molar-refractivity contribution >= 4 is 11.9 Å². The summed E-state index contributed by atoms with van der Waals surface area (Å²) in [6.45, 7) is 0. The lowest BCUT2D eigenvalue weighted by atomic mass is 11.1. The third-order valence-electron chi connectivity index (χ3n) is 1.28. The summed E-state index contributed by atoms with van der Waals surface area (Å²) < 4.78 is 0. The Morgan fingerprint density at radius 2 is 2.27 bits per heavy atom. The third kappa shape index (κ3) is 1.74. The van der Waals surface area contributed by atoms with E-state index < -0.39 is 0 Å². The van der Waals surface area contributed by atoms with E-state index in [0.717, 1.165) is 9.58 Å². The van der Waals surface area contributed by atoms with Crippen molar-refractivity contribution in [3.8, 4) is 0 Å². The van der Waals surface area contributed by atoms with Crippen LogP contribution in [0.5, 0.6) is 0 Å². The van der Waals surface area contributed by atoms with Gasteiger partial charge >= 0.3 is 5.95 Å². The molecule has 6 N–H and O–H groups in total. The highest BCUT2D eigenvalue weighted by molar-refractivity contribution is 5.08. The first kappa shape index (κ1) is 8.73. The van der Waals surface area contributed by atoms with E-state index in [-0.39, 0.29) is 11.9 Å². The number of aromatic amines is 1. The summed E-state index contributed by atoms with van der Waals surface area (Å²) in [4.78, 5) is 2.03. The van der Waals surface area contributed by atoms with Gasteiger partial charge in [-0.25, -0.2) is 0 Å². The summed E-state index contributed by atoms with van der Waals surface area (Å²) in [5.41, 5.74) is 13.0. The molecule has 0 amide bonds. The molecular weight excluding hydrogens is 206 g/mol. The molecule has 0 aliphatic heterocycles. The fourth-order valence-corrected chi connectivity index (χ4v) is 0.648. The van der Waals surface area contributed by atoms with Gasteiger partial charge in [0.15, 0.2) is 0 Å². The minimum Gasteiger partial charge on any atom is -0.365 e. The van der Waals surface area contributed by atoms with Gasteiger partial charge in [0.05, 0.1) is 15.5 Å². The molecule has 15 heavy (non-hydrogen) atoms. The van der Waals surface area contributed by atoms with Gasteiger partial charge in [-0.15, -0.1) is 5.53 Å². The SMILES string of the molecule is Nc1nnnn1N=NN[n+]1[nH]nnc1N. The molecule has 2 aromatic rings. The first-order chi connectivity index (χ1) is 7.27. The van der Waals surface area contributed by atoms with Crippen molar-refractivity contribution in [2.45, 2.75) is 0 Å². The van der Waals surface area contributed by atoms with Crippen LogP contribution in [0.3, 0.4) is 0 Å². The number of nitrogens with one attached hydrogen (secondary N) is 2. The molecule has 0 aliphatic rings. The van der Waals surface area contributed by atoms with Gasteiger partial charge in [-0.3, -0.25) is 0 Å². The standard InChI is InChI=1S/C2H5N13/c3-1-5-7-10-14(1)12-9-13-15-2(4)6-8-11-15/h(H5,3,4,5,6,10,11,12,13)/p+1. The van der Waals surface area contributed by atoms with E-state index in [0.29, 0.717) is 0 Å². The molecule has 0 saturated heterocycles. The monoisotopic (exact) mass is 212 g/mol. The molecule has 78 valence electrons. The second-order valence-corrected chi connectivity index (χ2v) is 2.21. The van der Waals surface area contributed by atoms with E-state index in [4.69, 9.17) is 11.5 Å². The van der Waals surface area contributed by atoms with E-state index in [2.05, 4.69) is 47.0 Å². The average molecular weight is 212 g/mol. The van der Waals surface area contributed by atoms with Gasteiger partial charge in [0.2, 0.25) is 0 Å². The number of aromatic nitrogens is 8. The highest BCUT2D eigenvalue weighted by Crippen LogP contribution is 1.89. The number of tetrazole rings is 2. The third-order valence-corrected chi connectivity index (χ3v) is 1.28. The van der Waals surface area contributed by atoms with Crippen molar-refractivity contribution in [1.82, 2.24) is 35.8 Å². The number of rotatable bonds is 3. The van der Waals surface area contributed by atoms with Gasteiger partial charge in [-0.05, 0) is 15.2 Å². The maximum Gasteiger partial charge on any atom is 0.389 e. The van der Waals surface area contributed by atoms with E-state index in [1.165, 1.54) is 0 Å². The van der Waals surface area contributed by atoms with E-state index >= 15 is 0 Å². The summed E-state index contributed by atoms with van der Waals surface area (Å²) in [6.07, 6.45) is 0. The van der Waals surface area contributed by atoms with Gasteiger partial charge in [-0.1, -0.05) is 15.1 Å². The zero-order valence-corrected chi connectivity index (χ0v) is 7.18. The number of nitrogen functional groups attached to an aromatic ring is 2. The summed E-state index contributed by atoms with van der Waals surface area (Å²) in [5.74, 6) is 0.0832. The summed E-state index contributed by atoms with van der Waals surface area (Å²) in [6, 6.07) is 0. The van der Waals surface area contributed by atoms with Crippen molar-refractivity contribution < 1.29 is 4.79 Å². The zero-order valence-electron chi connectivity index (χ0n) is 7.18. The molecule has 0 atom stereocenters. The minimum absolute atomic E-state index is 0.00116. The maximum absolute atomic E-state index is 5.35. The molecule has 0 unspecified atom stereocenters. The van der Waals surface area contributed by atoms with Crippen LogP contribution in [0.2, 0.25) is 0 Å². The molecule has 0 aliphatic carbocycles. The number of nitrogens with two attached hydrogens (primary N) is 2. The van der Waals surface area contributed by atoms with Crippen molar-refractivity contribution in [3.05, 3.63) is 0 Å². The van der Waals surface area contributed by atoms with E-state index in [9.17, 15) is 0 Å². The predicted molar refractivity (Wildman–Crippen MR) is 42.8 cm³/mol. The molecule has 2 heterocycles. The molecule has 0 spiro atoms. The summed E-state index contributed by atoms with van der Waals surface area (Å²) in [7, 11) is 0. The van der Waals surface area contributed by atoms with Crippen molar-refractivity contribution in [1.29, 1.82) is 0 Å². The molecule has 0 fully saturated rings. The van der Waals surface area contributed by atoms with Crippen LogP contribution in [-0.2, 0) is 0 Å². The maximum atomic E-state index is 5.35. The lowest BCUT2D eigenvalue weighted by Gasteiger charge is -1.90. The first-order valence-electron chi connectivity index (χ1n) is 3.57. The molecule has 0 aromatic carbocycles. The van der Waals surface area contributed by atoms with Crippen LogP contribution in [0.15, 0.2) is 10.4 Å². The van der Waals surface area contributed by atoms with Crippen LogP contribution in [0.4, 0.5) is 11.9 Å². The van der Waals surface area contributed by atoms with Crippen LogP contribution >= 0.6 is 0 Å². The molecule has 13 nitrogen and oxygen atoms in total. The number of hydrogen-bond donors (Lipinski definition) is 4. The van der Waals surface area contributed by atoms with Crippen LogP contribution in [0.25, 0.3) is 0 Å². The normalized spacial score (nSPS) is 10.9. The lowest BCUT2D eigenvalue weighted by Crippen LogP contribution is -2.46. The van der Waals surface area contributed by atoms with Crippen molar-refractivity contribution in [3.63, 3.8) is 0 Å². The number of H-pyrrole nitrogens is 1. The molecule has 0 radical (unpaired) electrons. The van der Waals surface area contributed by atoms with Crippen LogP contribution in [0.1, 0.15) is 0 Å². The Morgan fingerprint density at radius 3 is 2.87 bits per heavy atom. The Bertz CT molecular complexity index is 460. The van der Waals surface area contributed by atoms with Crippen LogP contribution in [-0.4, -0.2) is 35.8 Å².